The average Bonchev–Trinajstić information content (AvgIpc) is 2.60. The molecule has 0 unspecified atom stereocenters. The molecule has 2 aliphatic rings. The number of hydrogen-bond acceptors (Lipinski definition) is 5. The van der Waals surface area contributed by atoms with Crippen molar-refractivity contribution in [1.82, 2.24) is 5.32 Å². The summed E-state index contributed by atoms with van der Waals surface area (Å²) in [5, 5.41) is 3.31. The molecule has 5 nitrogen and oxygen atoms in total. The first-order chi connectivity index (χ1) is 13.3. The predicted molar refractivity (Wildman–Crippen MR) is 108 cm³/mol. The third-order valence-corrected chi connectivity index (χ3v) is 4.93. The van der Waals surface area contributed by atoms with E-state index in [1.165, 1.54) is 0 Å². The average molecular weight is 383 g/mol. The predicted octanol–water partition coefficient (Wildman–Crippen LogP) is 4.39. The molecule has 1 N–H and O–H groups in total. The van der Waals surface area contributed by atoms with Crippen LogP contribution in [-0.4, -0.2) is 24.0 Å². The lowest BCUT2D eigenvalue weighted by atomic mass is 9.75. The highest BCUT2D eigenvalue weighted by Gasteiger charge is 2.40. The second-order valence-electron chi connectivity index (χ2n) is 7.92. The van der Waals surface area contributed by atoms with Crippen LogP contribution in [0.4, 0.5) is 0 Å². The molecule has 1 heterocycles. The minimum Gasteiger partial charge on any atom is -0.491 e. The van der Waals surface area contributed by atoms with Crippen molar-refractivity contribution in [2.75, 3.05) is 0 Å². The number of carbonyl (C=O) groups excluding carboxylic acids is 2. The van der Waals surface area contributed by atoms with Crippen LogP contribution in [-0.2, 0) is 14.3 Å². The lowest BCUT2D eigenvalue weighted by molar-refractivity contribution is -0.143. The zero-order valence-corrected chi connectivity index (χ0v) is 17.3. The van der Waals surface area contributed by atoms with Gasteiger partial charge in [-0.05, 0) is 53.5 Å². The molecule has 3 rings (SSSR count). The van der Waals surface area contributed by atoms with E-state index in [4.69, 9.17) is 9.47 Å². The van der Waals surface area contributed by atoms with Gasteiger partial charge in [0.05, 0.1) is 23.7 Å². The number of Topliss-reactive ketones (excluding diaryl/α,β-unsaturated/α-hetero) is 1. The quantitative estimate of drug-likeness (QED) is 0.764. The third kappa shape index (κ3) is 3.98. The second kappa shape index (κ2) is 8.21. The van der Waals surface area contributed by atoms with Crippen molar-refractivity contribution in [2.24, 2.45) is 0 Å². The minimum absolute atomic E-state index is 0.0190. The second-order valence-corrected chi connectivity index (χ2v) is 7.92. The molecule has 0 aromatic heterocycles. The van der Waals surface area contributed by atoms with Gasteiger partial charge >= 0.3 is 5.97 Å². The Morgan fingerprint density at radius 3 is 2.50 bits per heavy atom. The lowest BCUT2D eigenvalue weighted by Gasteiger charge is -2.35. The molecule has 1 aromatic rings. The van der Waals surface area contributed by atoms with Crippen LogP contribution in [0.15, 0.2) is 46.8 Å². The Kier molecular flexibility index (Phi) is 5.92. The Balaban J connectivity index is 2.18. The molecule has 0 bridgehead atoms. The van der Waals surface area contributed by atoms with Gasteiger partial charge in [0.15, 0.2) is 5.78 Å². The Bertz CT molecular complexity index is 848. The number of carbonyl (C=O) groups is 2. The topological polar surface area (TPSA) is 64.6 Å². The summed E-state index contributed by atoms with van der Waals surface area (Å²) in [6.07, 6.45) is 1.85. The van der Waals surface area contributed by atoms with Crippen LogP contribution in [0.5, 0.6) is 5.75 Å². The van der Waals surface area contributed by atoms with Gasteiger partial charge < -0.3 is 14.8 Å². The Morgan fingerprint density at radius 2 is 1.82 bits per heavy atom. The summed E-state index contributed by atoms with van der Waals surface area (Å²) in [5.74, 6) is -0.0998. The highest BCUT2D eigenvalue weighted by Crippen LogP contribution is 2.45. The molecule has 0 spiro atoms. The van der Waals surface area contributed by atoms with E-state index in [-0.39, 0.29) is 18.0 Å². The van der Waals surface area contributed by atoms with E-state index in [0.29, 0.717) is 23.3 Å². The van der Waals surface area contributed by atoms with Gasteiger partial charge in [-0.25, -0.2) is 4.79 Å². The Morgan fingerprint density at radius 1 is 1.11 bits per heavy atom. The van der Waals surface area contributed by atoms with E-state index >= 15 is 0 Å². The van der Waals surface area contributed by atoms with Crippen LogP contribution < -0.4 is 10.1 Å². The number of rotatable bonds is 5. The highest BCUT2D eigenvalue weighted by atomic mass is 16.5. The van der Waals surface area contributed by atoms with Crippen LogP contribution in [0.3, 0.4) is 0 Å². The zero-order chi connectivity index (χ0) is 20.4. The SMILES string of the molecule is CC1=C(C(=O)OC(C)C)[C@H](c2ccccc2OC(C)C)C2=C(CCCC2=O)N1. The van der Waals surface area contributed by atoms with Gasteiger partial charge in [-0.15, -0.1) is 0 Å². The van der Waals surface area contributed by atoms with E-state index in [1.807, 2.05) is 58.9 Å². The van der Waals surface area contributed by atoms with Gasteiger partial charge in [0.1, 0.15) is 5.75 Å². The molecule has 1 aromatic carbocycles. The fourth-order valence-electron chi connectivity index (χ4n) is 3.92. The van der Waals surface area contributed by atoms with Crippen LogP contribution in [0.1, 0.15) is 65.4 Å². The van der Waals surface area contributed by atoms with Crippen molar-refractivity contribution in [1.29, 1.82) is 0 Å². The summed E-state index contributed by atoms with van der Waals surface area (Å²) in [5.41, 5.74) is 3.65. The maximum absolute atomic E-state index is 13.0. The molecule has 28 heavy (non-hydrogen) atoms. The molecule has 0 amide bonds. The Labute approximate surface area is 166 Å². The van der Waals surface area contributed by atoms with Crippen molar-refractivity contribution < 1.29 is 19.1 Å². The number of allylic oxidation sites excluding steroid dienone is 3. The van der Waals surface area contributed by atoms with Crippen molar-refractivity contribution in [3.05, 3.63) is 52.4 Å². The molecule has 0 saturated heterocycles. The molecular weight excluding hydrogens is 354 g/mol. The Hall–Kier alpha value is -2.56. The summed E-state index contributed by atoms with van der Waals surface area (Å²) in [6, 6.07) is 7.66. The standard InChI is InChI=1S/C23H29NO4/c1-13(2)27-19-12-7-6-9-16(19)21-20(23(26)28-14(3)4)15(5)24-17-10-8-11-18(25)22(17)21/h6-7,9,12-14,21,24H,8,10-11H2,1-5H3/t21-/m0/s1. The van der Waals surface area contributed by atoms with Gasteiger partial charge in [0, 0.05) is 29.0 Å². The summed E-state index contributed by atoms with van der Waals surface area (Å²) in [6.45, 7) is 9.45. The number of ketones is 1. The molecule has 150 valence electrons. The number of benzene rings is 1. The number of hydrogen-bond donors (Lipinski definition) is 1. The van der Waals surface area contributed by atoms with Crippen LogP contribution in [0, 0.1) is 0 Å². The fourth-order valence-corrected chi connectivity index (χ4v) is 3.92. The number of esters is 1. The van der Waals surface area contributed by atoms with E-state index in [1.54, 1.807) is 0 Å². The number of dihydropyridines is 1. The normalized spacial score (nSPS) is 19.7. The van der Waals surface area contributed by atoms with Crippen molar-refractivity contribution in [3.63, 3.8) is 0 Å². The number of para-hydroxylation sites is 1. The lowest BCUT2D eigenvalue weighted by Crippen LogP contribution is -2.35. The number of nitrogens with one attached hydrogen (secondary N) is 1. The van der Waals surface area contributed by atoms with Crippen molar-refractivity contribution >= 4 is 11.8 Å². The monoisotopic (exact) mass is 383 g/mol. The van der Waals surface area contributed by atoms with Gasteiger partial charge in [-0.2, -0.15) is 0 Å². The highest BCUT2D eigenvalue weighted by molar-refractivity contribution is 6.04. The summed E-state index contributed by atoms with van der Waals surface area (Å²) < 4.78 is 11.6. The molecule has 0 fully saturated rings. The third-order valence-electron chi connectivity index (χ3n) is 4.93. The summed E-state index contributed by atoms with van der Waals surface area (Å²) >= 11 is 0. The molecule has 0 saturated carbocycles. The number of ether oxygens (including phenoxy) is 2. The molecule has 1 aliphatic heterocycles. The van der Waals surface area contributed by atoms with Crippen molar-refractivity contribution in [2.45, 2.75) is 72.0 Å². The molecular formula is C23H29NO4. The van der Waals surface area contributed by atoms with E-state index in [0.717, 1.165) is 29.8 Å². The van der Waals surface area contributed by atoms with Gasteiger partial charge in [-0.3, -0.25) is 4.79 Å². The van der Waals surface area contributed by atoms with Crippen molar-refractivity contribution in [3.8, 4) is 5.75 Å². The zero-order valence-electron chi connectivity index (χ0n) is 17.3. The first-order valence-electron chi connectivity index (χ1n) is 10.00. The maximum Gasteiger partial charge on any atom is 0.337 e. The minimum atomic E-state index is -0.481. The van der Waals surface area contributed by atoms with Crippen LogP contribution >= 0.6 is 0 Å². The molecule has 0 radical (unpaired) electrons. The van der Waals surface area contributed by atoms with Gasteiger partial charge in [-0.1, -0.05) is 18.2 Å². The molecule has 5 heteroatoms. The summed E-state index contributed by atoms with van der Waals surface area (Å²) in [7, 11) is 0. The first kappa shape index (κ1) is 20.2. The smallest absolute Gasteiger partial charge is 0.337 e. The van der Waals surface area contributed by atoms with Gasteiger partial charge in [0.2, 0.25) is 0 Å². The van der Waals surface area contributed by atoms with Crippen LogP contribution in [0.2, 0.25) is 0 Å². The molecule has 1 aliphatic carbocycles. The molecule has 1 atom stereocenters. The largest absolute Gasteiger partial charge is 0.491 e. The summed E-state index contributed by atoms with van der Waals surface area (Å²) in [4.78, 5) is 26.0. The van der Waals surface area contributed by atoms with E-state index in [2.05, 4.69) is 5.32 Å². The van der Waals surface area contributed by atoms with Crippen LogP contribution in [0.25, 0.3) is 0 Å². The maximum atomic E-state index is 13.0. The van der Waals surface area contributed by atoms with Gasteiger partial charge in [0.25, 0.3) is 0 Å². The fraction of sp³-hybridized carbons (Fsp3) is 0.478. The van der Waals surface area contributed by atoms with E-state index < -0.39 is 11.9 Å². The van der Waals surface area contributed by atoms with E-state index in [9.17, 15) is 9.59 Å². The first-order valence-corrected chi connectivity index (χ1v) is 10.00.